The molecule has 0 radical (unpaired) electrons. The number of unbranched alkanes of at least 4 members (excludes halogenated alkanes) is 1. The molecule has 0 heterocycles. The van der Waals surface area contributed by atoms with Crippen LogP contribution >= 0.6 is 0 Å². The van der Waals surface area contributed by atoms with Crippen LogP contribution in [0.1, 0.15) is 40.0 Å². The number of ether oxygens (including phenoxy) is 1. The van der Waals surface area contributed by atoms with Crippen LogP contribution in [0.4, 0.5) is 10.1 Å². The van der Waals surface area contributed by atoms with Crippen molar-refractivity contribution in [1.29, 1.82) is 0 Å². The molecule has 1 atom stereocenters. The maximum absolute atomic E-state index is 13.4. The minimum Gasteiger partial charge on any atom is -0.464 e. The predicted octanol–water partition coefficient (Wildman–Crippen LogP) is 3.30. The molecular formula is C16H22FNO3. The fraction of sp³-hybridized carbons (Fsp3) is 0.500. The van der Waals surface area contributed by atoms with Gasteiger partial charge >= 0.3 is 5.97 Å². The Morgan fingerprint density at radius 3 is 2.57 bits per heavy atom. The van der Waals surface area contributed by atoms with E-state index in [2.05, 4.69) is 0 Å². The van der Waals surface area contributed by atoms with Gasteiger partial charge in [-0.15, -0.1) is 0 Å². The highest BCUT2D eigenvalue weighted by atomic mass is 19.1. The topological polar surface area (TPSA) is 46.6 Å². The van der Waals surface area contributed by atoms with Crippen LogP contribution < -0.4 is 4.90 Å². The van der Waals surface area contributed by atoms with E-state index in [-0.39, 0.29) is 5.91 Å². The van der Waals surface area contributed by atoms with Gasteiger partial charge in [-0.2, -0.15) is 0 Å². The smallest absolute Gasteiger partial charge is 0.329 e. The number of benzene rings is 1. The van der Waals surface area contributed by atoms with Crippen LogP contribution in [-0.2, 0) is 14.3 Å². The molecule has 0 fully saturated rings. The molecule has 0 aromatic heterocycles. The summed E-state index contributed by atoms with van der Waals surface area (Å²) >= 11 is 0. The van der Waals surface area contributed by atoms with Gasteiger partial charge in [-0.3, -0.25) is 9.69 Å². The molecule has 0 aliphatic heterocycles. The zero-order chi connectivity index (χ0) is 15.8. The van der Waals surface area contributed by atoms with Gasteiger partial charge in [-0.1, -0.05) is 26.3 Å². The number of halogens is 1. The quantitative estimate of drug-likeness (QED) is 0.573. The van der Waals surface area contributed by atoms with Crippen LogP contribution in [0.25, 0.3) is 0 Å². The number of hydrogen-bond donors (Lipinski definition) is 0. The molecule has 1 rings (SSSR count). The first-order chi connectivity index (χ1) is 10.0. The van der Waals surface area contributed by atoms with Crippen molar-refractivity contribution in [2.45, 2.75) is 46.1 Å². The SMILES string of the molecule is CCCCOC(=O)C(CC)N(C(C)=O)c1cccc(F)c1. The molecule has 5 heteroatoms. The molecule has 4 nitrogen and oxygen atoms in total. The standard InChI is InChI=1S/C16H22FNO3/c1-4-6-10-21-16(20)15(5-2)18(12(3)19)14-9-7-8-13(17)11-14/h7-9,11,15H,4-6,10H2,1-3H3. The van der Waals surface area contributed by atoms with Gasteiger partial charge in [-0.25, -0.2) is 9.18 Å². The van der Waals surface area contributed by atoms with E-state index in [0.29, 0.717) is 18.7 Å². The third-order valence-corrected chi connectivity index (χ3v) is 3.14. The second-order valence-electron chi connectivity index (χ2n) is 4.81. The number of hydrogen-bond acceptors (Lipinski definition) is 3. The summed E-state index contributed by atoms with van der Waals surface area (Å²) in [6, 6.07) is 4.91. The van der Waals surface area contributed by atoms with Crippen molar-refractivity contribution in [2.75, 3.05) is 11.5 Å². The van der Waals surface area contributed by atoms with Crippen molar-refractivity contribution >= 4 is 17.6 Å². The summed E-state index contributed by atoms with van der Waals surface area (Å²) < 4.78 is 18.5. The molecule has 1 amide bonds. The summed E-state index contributed by atoms with van der Waals surface area (Å²) in [5.74, 6) is -1.22. The number of anilines is 1. The van der Waals surface area contributed by atoms with E-state index >= 15 is 0 Å². The highest BCUT2D eigenvalue weighted by Crippen LogP contribution is 2.21. The van der Waals surface area contributed by atoms with E-state index in [1.165, 1.54) is 30.0 Å². The Morgan fingerprint density at radius 2 is 2.05 bits per heavy atom. The maximum Gasteiger partial charge on any atom is 0.329 e. The normalized spacial score (nSPS) is 11.8. The lowest BCUT2D eigenvalue weighted by Gasteiger charge is -2.28. The van der Waals surface area contributed by atoms with Gasteiger partial charge in [0.05, 0.1) is 6.61 Å². The summed E-state index contributed by atoms with van der Waals surface area (Å²) in [6.07, 6.45) is 2.10. The molecule has 0 aliphatic carbocycles. The van der Waals surface area contributed by atoms with E-state index in [9.17, 15) is 14.0 Å². The average molecular weight is 295 g/mol. The van der Waals surface area contributed by atoms with E-state index < -0.39 is 17.8 Å². The summed E-state index contributed by atoms with van der Waals surface area (Å²) in [6.45, 7) is 5.48. The van der Waals surface area contributed by atoms with Crippen LogP contribution in [-0.4, -0.2) is 24.5 Å². The summed E-state index contributed by atoms with van der Waals surface area (Å²) in [4.78, 5) is 25.3. The minimum absolute atomic E-state index is 0.320. The van der Waals surface area contributed by atoms with Crippen LogP contribution in [0.3, 0.4) is 0 Å². The Morgan fingerprint density at radius 1 is 1.33 bits per heavy atom. The van der Waals surface area contributed by atoms with Crippen molar-refractivity contribution in [3.63, 3.8) is 0 Å². The number of nitrogens with zero attached hydrogens (tertiary/aromatic N) is 1. The first-order valence-electron chi connectivity index (χ1n) is 7.23. The van der Waals surface area contributed by atoms with Gasteiger partial charge in [0.1, 0.15) is 11.9 Å². The first kappa shape index (κ1) is 17.1. The Labute approximate surface area is 124 Å². The molecule has 21 heavy (non-hydrogen) atoms. The fourth-order valence-corrected chi connectivity index (χ4v) is 2.08. The van der Waals surface area contributed by atoms with E-state index in [1.54, 1.807) is 13.0 Å². The molecule has 0 N–H and O–H groups in total. The highest BCUT2D eigenvalue weighted by molar-refractivity contribution is 5.98. The van der Waals surface area contributed by atoms with E-state index in [0.717, 1.165) is 12.8 Å². The van der Waals surface area contributed by atoms with Gasteiger partial charge in [0.2, 0.25) is 5.91 Å². The zero-order valence-corrected chi connectivity index (χ0v) is 12.8. The van der Waals surface area contributed by atoms with Crippen molar-refractivity contribution in [3.8, 4) is 0 Å². The number of carbonyl (C=O) groups is 2. The van der Waals surface area contributed by atoms with Gasteiger partial charge in [0.15, 0.2) is 0 Å². The largest absolute Gasteiger partial charge is 0.464 e. The molecule has 1 unspecified atom stereocenters. The molecule has 0 saturated heterocycles. The van der Waals surface area contributed by atoms with Gasteiger partial charge in [0, 0.05) is 12.6 Å². The summed E-state index contributed by atoms with van der Waals surface area (Å²) in [7, 11) is 0. The Balaban J connectivity index is 2.96. The lowest BCUT2D eigenvalue weighted by atomic mass is 10.1. The van der Waals surface area contributed by atoms with Gasteiger partial charge < -0.3 is 4.74 Å². The highest BCUT2D eigenvalue weighted by Gasteiger charge is 2.29. The molecule has 0 saturated carbocycles. The van der Waals surface area contributed by atoms with Crippen LogP contribution in [0.2, 0.25) is 0 Å². The number of carbonyl (C=O) groups excluding carboxylic acids is 2. The molecule has 1 aromatic rings. The van der Waals surface area contributed by atoms with Crippen molar-refractivity contribution < 1.29 is 18.7 Å². The maximum atomic E-state index is 13.4. The molecule has 0 bridgehead atoms. The zero-order valence-electron chi connectivity index (χ0n) is 12.8. The monoisotopic (exact) mass is 295 g/mol. The van der Waals surface area contributed by atoms with Crippen molar-refractivity contribution in [2.24, 2.45) is 0 Å². The van der Waals surface area contributed by atoms with Crippen LogP contribution in [0.15, 0.2) is 24.3 Å². The summed E-state index contributed by atoms with van der Waals surface area (Å²) in [5, 5.41) is 0. The third kappa shape index (κ3) is 4.85. The van der Waals surface area contributed by atoms with Crippen molar-refractivity contribution in [3.05, 3.63) is 30.1 Å². The second kappa shape index (κ2) is 8.39. The lowest BCUT2D eigenvalue weighted by Crippen LogP contribution is -2.45. The predicted molar refractivity (Wildman–Crippen MR) is 79.5 cm³/mol. The number of esters is 1. The first-order valence-corrected chi connectivity index (χ1v) is 7.23. The third-order valence-electron chi connectivity index (χ3n) is 3.14. The molecular weight excluding hydrogens is 273 g/mol. The van der Waals surface area contributed by atoms with E-state index in [1.807, 2.05) is 6.92 Å². The Kier molecular flexibility index (Phi) is 6.85. The molecule has 116 valence electrons. The average Bonchev–Trinajstić information content (AvgIpc) is 2.44. The molecule has 0 aliphatic rings. The Bertz CT molecular complexity index is 490. The fourth-order valence-electron chi connectivity index (χ4n) is 2.08. The van der Waals surface area contributed by atoms with E-state index in [4.69, 9.17) is 4.74 Å². The minimum atomic E-state index is -0.735. The van der Waals surface area contributed by atoms with Crippen LogP contribution in [0.5, 0.6) is 0 Å². The van der Waals surface area contributed by atoms with Gasteiger partial charge in [-0.05, 0) is 31.0 Å². The number of amides is 1. The summed E-state index contributed by atoms with van der Waals surface area (Å²) in [5.41, 5.74) is 0.363. The molecule has 0 spiro atoms. The lowest BCUT2D eigenvalue weighted by molar-refractivity contribution is -0.146. The Hall–Kier alpha value is -1.91. The van der Waals surface area contributed by atoms with Gasteiger partial charge in [0.25, 0.3) is 0 Å². The van der Waals surface area contributed by atoms with Crippen molar-refractivity contribution in [1.82, 2.24) is 0 Å². The molecule has 1 aromatic carbocycles. The number of rotatable bonds is 7. The second-order valence-corrected chi connectivity index (χ2v) is 4.81. The van der Waals surface area contributed by atoms with Crippen LogP contribution in [0, 0.1) is 5.82 Å².